The number of carbonyl (C=O) groups is 1. The molecule has 10 heteroatoms. The Morgan fingerprint density at radius 2 is 2.15 bits per heavy atom. The predicted molar refractivity (Wildman–Crippen MR) is 101 cm³/mol. The molecule has 0 aliphatic carbocycles. The van der Waals surface area contributed by atoms with Crippen LogP contribution in [0.1, 0.15) is 22.3 Å². The number of amides is 1. The topological polar surface area (TPSA) is 84.5 Å². The molecule has 1 aliphatic rings. The zero-order chi connectivity index (χ0) is 18.9. The lowest BCUT2D eigenvalue weighted by atomic mass is 10.2. The molecule has 0 bridgehead atoms. The van der Waals surface area contributed by atoms with E-state index in [2.05, 4.69) is 26.0 Å². The second kappa shape index (κ2) is 7.73. The summed E-state index contributed by atoms with van der Waals surface area (Å²) >= 11 is 4.20. The quantitative estimate of drug-likeness (QED) is 0.713. The molecule has 2 aromatic rings. The Bertz CT molecular complexity index is 940. The van der Waals surface area contributed by atoms with Gasteiger partial charge in [0.05, 0.1) is 16.0 Å². The summed E-state index contributed by atoms with van der Waals surface area (Å²) in [6, 6.07) is 5.27. The molecule has 1 aromatic heterocycles. The number of benzene rings is 1. The molecule has 0 saturated carbocycles. The molecule has 26 heavy (non-hydrogen) atoms. The fourth-order valence-corrected chi connectivity index (χ4v) is 6.06. The van der Waals surface area contributed by atoms with E-state index in [4.69, 9.17) is 4.74 Å². The SMILES string of the molecule is Cc1cc(NC(=O)c2cc(S(=O)(=O)N[C@H]3CCOC3)sc2Br)ccc1F. The van der Waals surface area contributed by atoms with Crippen molar-refractivity contribution in [3.63, 3.8) is 0 Å². The van der Waals surface area contributed by atoms with E-state index in [9.17, 15) is 17.6 Å². The second-order valence-electron chi connectivity index (χ2n) is 5.85. The number of sulfonamides is 1. The van der Waals surface area contributed by atoms with Crippen molar-refractivity contribution in [2.24, 2.45) is 0 Å². The normalized spacial score (nSPS) is 17.4. The Hall–Kier alpha value is -1.33. The number of halogens is 2. The van der Waals surface area contributed by atoms with Crippen LogP contribution >= 0.6 is 27.3 Å². The van der Waals surface area contributed by atoms with E-state index in [0.717, 1.165) is 11.3 Å². The van der Waals surface area contributed by atoms with Gasteiger partial charge in [-0.05, 0) is 59.1 Å². The molecular weight excluding hydrogens is 447 g/mol. The number of anilines is 1. The minimum absolute atomic E-state index is 0.0386. The summed E-state index contributed by atoms with van der Waals surface area (Å²) < 4.78 is 46.4. The van der Waals surface area contributed by atoms with Gasteiger partial charge in [-0.2, -0.15) is 0 Å². The Morgan fingerprint density at radius 1 is 1.38 bits per heavy atom. The lowest BCUT2D eigenvalue weighted by Gasteiger charge is -2.09. The highest BCUT2D eigenvalue weighted by atomic mass is 79.9. The van der Waals surface area contributed by atoms with Crippen LogP contribution in [0.5, 0.6) is 0 Å². The standard InChI is InChI=1S/C16H16BrFN2O4S2/c1-9-6-10(2-3-13(9)18)19-16(21)12-7-14(25-15(12)17)26(22,23)20-11-4-5-24-8-11/h2-3,6-7,11,20H,4-5,8H2,1H3,(H,19,21)/t11-/m0/s1. The number of carbonyl (C=O) groups excluding carboxylic acids is 1. The lowest BCUT2D eigenvalue weighted by Crippen LogP contribution is -2.34. The summed E-state index contributed by atoms with van der Waals surface area (Å²) in [7, 11) is -3.74. The minimum Gasteiger partial charge on any atom is -0.380 e. The van der Waals surface area contributed by atoms with Crippen LogP contribution in [0.15, 0.2) is 32.3 Å². The van der Waals surface area contributed by atoms with Crippen LogP contribution in [0.3, 0.4) is 0 Å². The van der Waals surface area contributed by atoms with Crippen LogP contribution in [-0.4, -0.2) is 33.6 Å². The van der Waals surface area contributed by atoms with Crippen molar-refractivity contribution >= 4 is 48.9 Å². The molecule has 1 fully saturated rings. The maximum absolute atomic E-state index is 13.3. The number of ether oxygens (including phenoxy) is 1. The molecule has 140 valence electrons. The van der Waals surface area contributed by atoms with Gasteiger partial charge in [-0.15, -0.1) is 11.3 Å². The van der Waals surface area contributed by atoms with Crippen LogP contribution < -0.4 is 10.0 Å². The highest BCUT2D eigenvalue weighted by Gasteiger charge is 2.27. The third-order valence-corrected chi connectivity index (χ3v) is 7.67. The lowest BCUT2D eigenvalue weighted by molar-refractivity contribution is 0.102. The van der Waals surface area contributed by atoms with E-state index in [1.807, 2.05) is 0 Å². The van der Waals surface area contributed by atoms with Crippen molar-refractivity contribution < 1.29 is 22.3 Å². The number of rotatable bonds is 5. The minimum atomic E-state index is -3.74. The van der Waals surface area contributed by atoms with Gasteiger partial charge in [0.25, 0.3) is 5.91 Å². The van der Waals surface area contributed by atoms with Gasteiger partial charge in [0.15, 0.2) is 0 Å². The monoisotopic (exact) mass is 462 g/mol. The van der Waals surface area contributed by atoms with E-state index in [1.165, 1.54) is 24.3 Å². The van der Waals surface area contributed by atoms with E-state index in [-0.39, 0.29) is 21.6 Å². The molecule has 1 saturated heterocycles. The first-order chi connectivity index (χ1) is 12.3. The number of hydrogen-bond acceptors (Lipinski definition) is 5. The molecule has 6 nitrogen and oxygen atoms in total. The van der Waals surface area contributed by atoms with Crippen molar-refractivity contribution in [1.29, 1.82) is 0 Å². The molecule has 2 N–H and O–H groups in total. The number of thiophene rings is 1. The molecule has 1 atom stereocenters. The van der Waals surface area contributed by atoms with Crippen molar-refractivity contribution in [2.45, 2.75) is 23.6 Å². The summed E-state index contributed by atoms with van der Waals surface area (Å²) in [5.41, 5.74) is 1.02. The van der Waals surface area contributed by atoms with E-state index >= 15 is 0 Å². The van der Waals surface area contributed by atoms with Gasteiger partial charge in [0.2, 0.25) is 10.0 Å². The number of hydrogen-bond donors (Lipinski definition) is 2. The summed E-state index contributed by atoms with van der Waals surface area (Å²) in [5.74, 6) is -0.847. The van der Waals surface area contributed by atoms with Gasteiger partial charge in [-0.3, -0.25) is 4.79 Å². The third-order valence-electron chi connectivity index (χ3n) is 3.84. The Morgan fingerprint density at radius 3 is 2.81 bits per heavy atom. The molecule has 1 aromatic carbocycles. The van der Waals surface area contributed by atoms with Gasteiger partial charge in [-0.1, -0.05) is 0 Å². The maximum Gasteiger partial charge on any atom is 0.257 e. The number of aryl methyl sites for hydroxylation is 1. The molecule has 2 heterocycles. The van der Waals surface area contributed by atoms with Crippen LogP contribution in [0.4, 0.5) is 10.1 Å². The first-order valence-electron chi connectivity index (χ1n) is 7.73. The highest BCUT2D eigenvalue weighted by molar-refractivity contribution is 9.11. The smallest absolute Gasteiger partial charge is 0.257 e. The second-order valence-corrected chi connectivity index (χ2v) is 10.2. The van der Waals surface area contributed by atoms with E-state index in [1.54, 1.807) is 6.92 Å². The molecule has 1 aliphatic heterocycles. The predicted octanol–water partition coefficient (Wildman–Crippen LogP) is 3.28. The molecule has 0 radical (unpaired) electrons. The molecular formula is C16H16BrFN2O4S2. The largest absolute Gasteiger partial charge is 0.380 e. The van der Waals surface area contributed by atoms with Gasteiger partial charge < -0.3 is 10.1 Å². The molecule has 0 spiro atoms. The average Bonchev–Trinajstić information content (AvgIpc) is 3.20. The highest BCUT2D eigenvalue weighted by Crippen LogP contribution is 2.32. The van der Waals surface area contributed by atoms with Crippen LogP contribution in [0.2, 0.25) is 0 Å². The Balaban J connectivity index is 1.78. The van der Waals surface area contributed by atoms with Gasteiger partial charge in [-0.25, -0.2) is 17.5 Å². The number of nitrogens with one attached hydrogen (secondary N) is 2. The first-order valence-corrected chi connectivity index (χ1v) is 10.8. The summed E-state index contributed by atoms with van der Waals surface area (Å²) in [6.07, 6.45) is 0.614. The van der Waals surface area contributed by atoms with Crippen LogP contribution in [0.25, 0.3) is 0 Å². The maximum atomic E-state index is 13.3. The van der Waals surface area contributed by atoms with E-state index < -0.39 is 15.9 Å². The summed E-state index contributed by atoms with van der Waals surface area (Å²) in [5, 5.41) is 2.64. The third kappa shape index (κ3) is 4.32. The first kappa shape index (κ1) is 19.4. The van der Waals surface area contributed by atoms with Crippen molar-refractivity contribution in [3.05, 3.63) is 45.0 Å². The molecule has 0 unspecified atom stereocenters. The van der Waals surface area contributed by atoms with Crippen molar-refractivity contribution in [1.82, 2.24) is 4.72 Å². The van der Waals surface area contributed by atoms with Crippen molar-refractivity contribution in [3.8, 4) is 0 Å². The van der Waals surface area contributed by atoms with Crippen LogP contribution in [0, 0.1) is 12.7 Å². The fraction of sp³-hybridized carbons (Fsp3) is 0.312. The van der Waals surface area contributed by atoms with E-state index in [0.29, 0.717) is 34.7 Å². The zero-order valence-electron chi connectivity index (χ0n) is 13.7. The van der Waals surface area contributed by atoms with Gasteiger partial charge in [0.1, 0.15) is 10.0 Å². The fourth-order valence-electron chi connectivity index (χ4n) is 2.46. The van der Waals surface area contributed by atoms with Gasteiger partial charge in [0, 0.05) is 18.3 Å². The van der Waals surface area contributed by atoms with Gasteiger partial charge >= 0.3 is 0 Å². The summed E-state index contributed by atoms with van der Waals surface area (Å²) in [4.78, 5) is 12.5. The molecule has 3 rings (SSSR count). The Labute approximate surface area is 162 Å². The zero-order valence-corrected chi connectivity index (χ0v) is 16.9. The Kier molecular flexibility index (Phi) is 5.78. The van der Waals surface area contributed by atoms with Crippen LogP contribution in [-0.2, 0) is 14.8 Å². The average molecular weight is 463 g/mol. The molecule has 1 amide bonds. The van der Waals surface area contributed by atoms with Crippen molar-refractivity contribution in [2.75, 3.05) is 18.5 Å². The summed E-state index contributed by atoms with van der Waals surface area (Å²) in [6.45, 7) is 2.45.